The summed E-state index contributed by atoms with van der Waals surface area (Å²) < 4.78 is 2.01. The molecule has 7 heteroatoms. The number of nitrogens with two attached hydrogens (primary N) is 1. The summed E-state index contributed by atoms with van der Waals surface area (Å²) in [4.78, 5) is 16.9. The molecule has 0 aliphatic rings. The van der Waals surface area contributed by atoms with E-state index >= 15 is 0 Å². The van der Waals surface area contributed by atoms with Gasteiger partial charge >= 0.3 is 0 Å². The molecule has 0 spiro atoms. The van der Waals surface area contributed by atoms with Crippen LogP contribution in [0.5, 0.6) is 0 Å². The molecule has 0 radical (unpaired) electrons. The number of nitrogens with zero attached hydrogens (tertiary/aromatic N) is 2. The topological polar surface area (TPSA) is 72.9 Å². The average molecular weight is 449 g/mol. The number of nitrogens with one attached hydrogen (secondary N) is 1. The van der Waals surface area contributed by atoms with Crippen LogP contribution in [0.15, 0.2) is 67.1 Å². The van der Waals surface area contributed by atoms with Crippen molar-refractivity contribution in [3.63, 3.8) is 0 Å². The lowest BCUT2D eigenvalue weighted by Crippen LogP contribution is -2.43. The fourth-order valence-corrected chi connectivity index (χ4v) is 3.16. The molecule has 0 aliphatic heterocycles. The molecule has 1 aromatic heterocycles. The first-order valence-corrected chi connectivity index (χ1v) is 9.74. The molecule has 30 heavy (non-hydrogen) atoms. The van der Waals surface area contributed by atoms with Crippen molar-refractivity contribution in [3.05, 3.63) is 89.5 Å². The summed E-state index contributed by atoms with van der Waals surface area (Å²) in [5.74, 6) is -0.162. The van der Waals surface area contributed by atoms with Gasteiger partial charge < -0.3 is 15.6 Å². The number of amides is 1. The Morgan fingerprint density at radius 2 is 1.73 bits per heavy atom. The number of hydrogen-bond donors (Lipinski definition) is 2. The molecule has 0 fully saturated rings. The number of imidazole rings is 1. The van der Waals surface area contributed by atoms with E-state index < -0.39 is 6.04 Å². The standard InChI is InChI=1S/C23H28N4O.2ClH/c1-3-18-9-11-20(12-10-18)17(2)26-23(28)22(24)13-21-15-27(16-25-21)14-19-7-5-4-6-8-19;;/h4-12,15-17,22H,3,13-14,24H2,1-2H3,(H,26,28);2*1H/t17?,22-;;/m0../s1. The van der Waals surface area contributed by atoms with Crippen molar-refractivity contribution in [2.75, 3.05) is 0 Å². The van der Waals surface area contributed by atoms with E-state index in [1.54, 1.807) is 6.33 Å². The zero-order valence-corrected chi connectivity index (χ0v) is 19.0. The second-order valence-corrected chi connectivity index (χ2v) is 7.16. The molecule has 162 valence electrons. The number of aromatic nitrogens is 2. The second kappa shape index (κ2) is 12.4. The number of benzene rings is 2. The number of carbonyl (C=O) groups is 1. The maximum absolute atomic E-state index is 12.5. The van der Waals surface area contributed by atoms with Crippen LogP contribution >= 0.6 is 24.8 Å². The molecule has 3 aromatic rings. The van der Waals surface area contributed by atoms with Crippen LogP contribution in [0.25, 0.3) is 0 Å². The summed E-state index contributed by atoms with van der Waals surface area (Å²) in [6, 6.07) is 17.8. The predicted octanol–water partition coefficient (Wildman–Crippen LogP) is 4.08. The van der Waals surface area contributed by atoms with E-state index in [2.05, 4.69) is 53.6 Å². The van der Waals surface area contributed by atoms with Gasteiger partial charge in [-0.1, -0.05) is 61.5 Å². The molecule has 0 aliphatic carbocycles. The largest absolute Gasteiger partial charge is 0.348 e. The van der Waals surface area contributed by atoms with E-state index in [1.807, 2.05) is 35.9 Å². The van der Waals surface area contributed by atoms with Gasteiger partial charge in [0.2, 0.25) is 5.91 Å². The van der Waals surface area contributed by atoms with Crippen LogP contribution in [-0.2, 0) is 24.2 Å². The van der Waals surface area contributed by atoms with Crippen molar-refractivity contribution in [1.29, 1.82) is 0 Å². The second-order valence-electron chi connectivity index (χ2n) is 7.16. The fraction of sp³-hybridized carbons (Fsp3) is 0.304. The van der Waals surface area contributed by atoms with E-state index in [0.29, 0.717) is 6.42 Å². The maximum atomic E-state index is 12.5. The first kappa shape index (κ1) is 25.7. The van der Waals surface area contributed by atoms with Gasteiger partial charge in [-0.3, -0.25) is 4.79 Å². The third-order valence-corrected chi connectivity index (χ3v) is 4.91. The third kappa shape index (κ3) is 7.17. The highest BCUT2D eigenvalue weighted by molar-refractivity contribution is 5.85. The Bertz CT molecular complexity index is 897. The van der Waals surface area contributed by atoms with Gasteiger partial charge in [-0.05, 0) is 30.0 Å². The van der Waals surface area contributed by atoms with Crippen LogP contribution in [0, 0.1) is 0 Å². The highest BCUT2D eigenvalue weighted by atomic mass is 35.5. The van der Waals surface area contributed by atoms with Crippen LogP contribution in [0.4, 0.5) is 0 Å². The Kier molecular flexibility index (Phi) is 10.6. The minimum atomic E-state index is -0.627. The van der Waals surface area contributed by atoms with Gasteiger partial charge in [0.05, 0.1) is 24.1 Å². The molecule has 0 saturated carbocycles. The van der Waals surface area contributed by atoms with Crippen LogP contribution in [-0.4, -0.2) is 21.5 Å². The normalized spacial score (nSPS) is 12.2. The number of halogens is 2. The summed E-state index contributed by atoms with van der Waals surface area (Å²) in [5.41, 5.74) is 10.5. The Labute approximate surface area is 190 Å². The van der Waals surface area contributed by atoms with Gasteiger partial charge in [0.1, 0.15) is 0 Å². The van der Waals surface area contributed by atoms with E-state index in [0.717, 1.165) is 24.2 Å². The monoisotopic (exact) mass is 448 g/mol. The van der Waals surface area contributed by atoms with Crippen LogP contribution in [0.2, 0.25) is 0 Å². The van der Waals surface area contributed by atoms with Gasteiger partial charge in [0.25, 0.3) is 0 Å². The molecule has 5 nitrogen and oxygen atoms in total. The van der Waals surface area contributed by atoms with Gasteiger partial charge in [-0.2, -0.15) is 0 Å². The fourth-order valence-electron chi connectivity index (χ4n) is 3.16. The molecule has 2 aromatic carbocycles. The van der Waals surface area contributed by atoms with E-state index in [-0.39, 0.29) is 36.8 Å². The van der Waals surface area contributed by atoms with Crippen molar-refractivity contribution in [1.82, 2.24) is 14.9 Å². The van der Waals surface area contributed by atoms with Crippen LogP contribution in [0.3, 0.4) is 0 Å². The number of aryl methyl sites for hydroxylation is 1. The highest BCUT2D eigenvalue weighted by Gasteiger charge is 2.18. The molecule has 1 heterocycles. The lowest BCUT2D eigenvalue weighted by atomic mass is 10.0. The van der Waals surface area contributed by atoms with E-state index in [4.69, 9.17) is 5.73 Å². The molecule has 0 saturated heterocycles. The summed E-state index contributed by atoms with van der Waals surface area (Å²) in [7, 11) is 0. The smallest absolute Gasteiger partial charge is 0.237 e. The van der Waals surface area contributed by atoms with Gasteiger partial charge in [-0.15, -0.1) is 24.8 Å². The molecule has 1 unspecified atom stereocenters. The Morgan fingerprint density at radius 1 is 1.07 bits per heavy atom. The zero-order chi connectivity index (χ0) is 19.9. The summed E-state index contributed by atoms with van der Waals surface area (Å²) in [6.45, 7) is 4.85. The summed E-state index contributed by atoms with van der Waals surface area (Å²) >= 11 is 0. The van der Waals surface area contributed by atoms with Crippen molar-refractivity contribution in [2.24, 2.45) is 5.73 Å². The van der Waals surface area contributed by atoms with Crippen LogP contribution < -0.4 is 11.1 Å². The summed E-state index contributed by atoms with van der Waals surface area (Å²) in [5, 5.41) is 3.00. The lowest BCUT2D eigenvalue weighted by molar-refractivity contribution is -0.123. The Morgan fingerprint density at radius 3 is 2.37 bits per heavy atom. The highest BCUT2D eigenvalue weighted by Crippen LogP contribution is 2.14. The molecule has 2 atom stereocenters. The number of carbonyl (C=O) groups excluding carboxylic acids is 1. The molecule has 3 rings (SSSR count). The Hall–Kier alpha value is -2.34. The minimum absolute atomic E-state index is 0. The predicted molar refractivity (Wildman–Crippen MR) is 126 cm³/mol. The van der Waals surface area contributed by atoms with Crippen molar-refractivity contribution >= 4 is 30.7 Å². The quantitative estimate of drug-likeness (QED) is 0.544. The van der Waals surface area contributed by atoms with E-state index in [1.165, 1.54) is 11.1 Å². The van der Waals surface area contributed by atoms with Gasteiger partial charge in [-0.25, -0.2) is 4.98 Å². The van der Waals surface area contributed by atoms with Crippen molar-refractivity contribution in [3.8, 4) is 0 Å². The summed E-state index contributed by atoms with van der Waals surface area (Å²) in [6.07, 6.45) is 5.15. The lowest BCUT2D eigenvalue weighted by Gasteiger charge is -2.18. The molecule has 0 bridgehead atoms. The molecule has 1 amide bonds. The average Bonchev–Trinajstić information content (AvgIpc) is 3.15. The first-order chi connectivity index (χ1) is 13.5. The Balaban J connectivity index is 0.00000225. The third-order valence-electron chi connectivity index (χ3n) is 4.91. The van der Waals surface area contributed by atoms with Crippen molar-refractivity contribution in [2.45, 2.75) is 45.3 Å². The maximum Gasteiger partial charge on any atom is 0.237 e. The molecule has 3 N–H and O–H groups in total. The zero-order valence-electron chi connectivity index (χ0n) is 17.3. The number of rotatable bonds is 8. The van der Waals surface area contributed by atoms with Crippen molar-refractivity contribution < 1.29 is 4.79 Å². The van der Waals surface area contributed by atoms with Gasteiger partial charge in [0.15, 0.2) is 0 Å². The molecular formula is C23H30Cl2N4O. The SMILES string of the molecule is CCc1ccc(C(C)NC(=O)[C@@H](N)Cc2cn(Cc3ccccc3)cn2)cc1.Cl.Cl. The van der Waals surface area contributed by atoms with Crippen LogP contribution in [0.1, 0.15) is 42.3 Å². The van der Waals surface area contributed by atoms with E-state index in [9.17, 15) is 4.79 Å². The minimum Gasteiger partial charge on any atom is -0.348 e. The van der Waals surface area contributed by atoms with Gasteiger partial charge in [0, 0.05) is 19.2 Å². The molecular weight excluding hydrogens is 419 g/mol. The first-order valence-electron chi connectivity index (χ1n) is 9.74. The number of hydrogen-bond acceptors (Lipinski definition) is 3.